The maximum Gasteiger partial charge on any atom is 0.238 e. The lowest BCUT2D eigenvalue weighted by Crippen LogP contribution is -2.04. The standard InChI is InChI=1S/C41H25N5S/c1-3-11-26(12-4-1)33-25-34(27-13-5-2-6-14-27)43-40(42-33)46-36-21-19-29(24-37(36)45-35-17-9-8-16-32(35)44-41(45)46)28-20-22-39-31(23-28)30-15-7-10-18-38(30)47-39/h1-25H. The molecular formula is C41H25N5S. The second-order valence-corrected chi connectivity index (χ2v) is 12.8. The Hall–Kier alpha value is -6.11. The van der Waals surface area contributed by atoms with Crippen LogP contribution in [0.25, 0.3) is 87.6 Å². The maximum absolute atomic E-state index is 5.18. The molecule has 0 saturated heterocycles. The maximum atomic E-state index is 5.18. The van der Waals surface area contributed by atoms with Crippen molar-refractivity contribution in [2.24, 2.45) is 0 Å². The Labute approximate surface area is 273 Å². The Morgan fingerprint density at radius 1 is 0.426 bits per heavy atom. The van der Waals surface area contributed by atoms with Crippen LogP contribution in [0.5, 0.6) is 0 Å². The van der Waals surface area contributed by atoms with Crippen molar-refractivity contribution in [2.75, 3.05) is 0 Å². The molecule has 0 saturated carbocycles. The van der Waals surface area contributed by atoms with Crippen LogP contribution < -0.4 is 0 Å². The summed E-state index contributed by atoms with van der Waals surface area (Å²) < 4.78 is 6.96. The quantitative estimate of drug-likeness (QED) is 0.197. The van der Waals surface area contributed by atoms with Crippen LogP contribution in [0.4, 0.5) is 0 Å². The number of thiophene rings is 1. The molecule has 0 bridgehead atoms. The predicted octanol–water partition coefficient (Wildman–Crippen LogP) is 10.6. The molecule has 0 fully saturated rings. The Morgan fingerprint density at radius 2 is 1.06 bits per heavy atom. The van der Waals surface area contributed by atoms with Gasteiger partial charge in [0.25, 0.3) is 0 Å². The molecule has 5 nitrogen and oxygen atoms in total. The van der Waals surface area contributed by atoms with E-state index in [-0.39, 0.29) is 0 Å². The van der Waals surface area contributed by atoms with Gasteiger partial charge in [0.1, 0.15) is 0 Å². The first-order valence-corrected chi connectivity index (χ1v) is 16.4. The van der Waals surface area contributed by atoms with E-state index < -0.39 is 0 Å². The van der Waals surface area contributed by atoms with Gasteiger partial charge in [-0.1, -0.05) is 103 Å². The van der Waals surface area contributed by atoms with Gasteiger partial charge in [-0.2, -0.15) is 0 Å². The van der Waals surface area contributed by atoms with Gasteiger partial charge >= 0.3 is 0 Å². The van der Waals surface area contributed by atoms with Crippen molar-refractivity contribution in [1.82, 2.24) is 23.9 Å². The van der Waals surface area contributed by atoms with Crippen LogP contribution >= 0.6 is 11.3 Å². The van der Waals surface area contributed by atoms with Crippen molar-refractivity contribution < 1.29 is 0 Å². The first-order chi connectivity index (χ1) is 23.3. The van der Waals surface area contributed by atoms with E-state index in [4.69, 9.17) is 15.0 Å². The summed E-state index contributed by atoms with van der Waals surface area (Å²) >= 11 is 1.84. The Balaban J connectivity index is 1.25. The predicted molar refractivity (Wildman–Crippen MR) is 194 cm³/mol. The highest BCUT2D eigenvalue weighted by molar-refractivity contribution is 7.25. The number of hydrogen-bond acceptors (Lipinski definition) is 4. The van der Waals surface area contributed by atoms with E-state index in [0.29, 0.717) is 5.95 Å². The molecule has 0 radical (unpaired) electrons. The van der Waals surface area contributed by atoms with Crippen LogP contribution in [-0.4, -0.2) is 23.9 Å². The third kappa shape index (κ3) is 4.12. The van der Waals surface area contributed by atoms with Crippen molar-refractivity contribution >= 4 is 59.4 Å². The lowest BCUT2D eigenvalue weighted by atomic mass is 10.0. The van der Waals surface area contributed by atoms with Gasteiger partial charge in [0.2, 0.25) is 11.7 Å². The summed E-state index contributed by atoms with van der Waals surface area (Å²) in [5, 5.41) is 2.59. The van der Waals surface area contributed by atoms with Gasteiger partial charge in [-0.25, -0.2) is 19.5 Å². The summed E-state index contributed by atoms with van der Waals surface area (Å²) in [6.45, 7) is 0. The van der Waals surface area contributed by atoms with E-state index in [2.05, 4.69) is 118 Å². The summed E-state index contributed by atoms with van der Waals surface area (Å²) in [7, 11) is 0. The monoisotopic (exact) mass is 619 g/mol. The third-order valence-electron chi connectivity index (χ3n) is 8.96. The van der Waals surface area contributed by atoms with Gasteiger partial charge in [0.05, 0.1) is 33.5 Å². The van der Waals surface area contributed by atoms with Gasteiger partial charge in [-0.05, 0) is 59.7 Å². The van der Waals surface area contributed by atoms with Crippen LogP contribution in [0.15, 0.2) is 152 Å². The van der Waals surface area contributed by atoms with Gasteiger partial charge in [-0.15, -0.1) is 11.3 Å². The van der Waals surface area contributed by atoms with Gasteiger partial charge in [-0.3, -0.25) is 4.40 Å². The highest BCUT2D eigenvalue weighted by atomic mass is 32.1. The van der Waals surface area contributed by atoms with Crippen LogP contribution in [0, 0.1) is 0 Å². The fourth-order valence-corrected chi connectivity index (χ4v) is 7.82. The van der Waals surface area contributed by atoms with Crippen molar-refractivity contribution in [3.8, 4) is 39.6 Å². The zero-order valence-corrected chi connectivity index (χ0v) is 25.9. The minimum atomic E-state index is 0.583. The largest absolute Gasteiger partial charge is 0.276 e. The van der Waals surface area contributed by atoms with Crippen LogP contribution in [0.3, 0.4) is 0 Å². The number of aromatic nitrogens is 5. The molecule has 0 aliphatic carbocycles. The molecule has 47 heavy (non-hydrogen) atoms. The molecule has 220 valence electrons. The molecule has 0 amide bonds. The molecule has 0 atom stereocenters. The van der Waals surface area contributed by atoms with Gasteiger partial charge < -0.3 is 0 Å². The van der Waals surface area contributed by atoms with Crippen molar-refractivity contribution in [3.05, 3.63) is 152 Å². The lowest BCUT2D eigenvalue weighted by Gasteiger charge is -2.11. The van der Waals surface area contributed by atoms with Crippen molar-refractivity contribution in [2.45, 2.75) is 0 Å². The second-order valence-electron chi connectivity index (χ2n) is 11.8. The minimum Gasteiger partial charge on any atom is -0.276 e. The number of rotatable bonds is 4. The fourth-order valence-electron chi connectivity index (χ4n) is 6.73. The average Bonchev–Trinajstić information content (AvgIpc) is 3.80. The molecule has 0 N–H and O–H groups in total. The second kappa shape index (κ2) is 10.2. The minimum absolute atomic E-state index is 0.583. The Kier molecular flexibility index (Phi) is 5.68. The van der Waals surface area contributed by atoms with Crippen LogP contribution in [0.2, 0.25) is 0 Å². The summed E-state index contributed by atoms with van der Waals surface area (Å²) in [6, 6.07) is 53.1. The van der Waals surface area contributed by atoms with Crippen molar-refractivity contribution in [1.29, 1.82) is 0 Å². The van der Waals surface area contributed by atoms with E-state index in [1.807, 2.05) is 53.8 Å². The van der Waals surface area contributed by atoms with E-state index in [1.165, 1.54) is 25.7 Å². The van der Waals surface area contributed by atoms with Crippen LogP contribution in [-0.2, 0) is 0 Å². The highest BCUT2D eigenvalue weighted by Gasteiger charge is 2.21. The average molecular weight is 620 g/mol. The number of benzene rings is 6. The zero-order valence-electron chi connectivity index (χ0n) is 25.1. The molecule has 0 aliphatic rings. The Bertz CT molecular complexity index is 2730. The summed E-state index contributed by atoms with van der Waals surface area (Å²) in [6.07, 6.45) is 0. The zero-order chi connectivity index (χ0) is 30.9. The molecule has 10 rings (SSSR count). The first-order valence-electron chi connectivity index (χ1n) is 15.6. The van der Waals surface area contributed by atoms with Crippen molar-refractivity contribution in [3.63, 3.8) is 0 Å². The highest BCUT2D eigenvalue weighted by Crippen LogP contribution is 2.38. The third-order valence-corrected chi connectivity index (χ3v) is 10.1. The van der Waals surface area contributed by atoms with Gasteiger partial charge in [0.15, 0.2) is 0 Å². The smallest absolute Gasteiger partial charge is 0.238 e. The van der Waals surface area contributed by atoms with E-state index in [9.17, 15) is 0 Å². The molecule has 0 spiro atoms. The van der Waals surface area contributed by atoms with Crippen LogP contribution in [0.1, 0.15) is 0 Å². The first kappa shape index (κ1) is 26.1. The Morgan fingerprint density at radius 3 is 1.85 bits per heavy atom. The summed E-state index contributed by atoms with van der Waals surface area (Å²) in [5.74, 6) is 1.36. The molecule has 6 aromatic carbocycles. The molecule has 0 aliphatic heterocycles. The molecule has 4 aromatic heterocycles. The number of nitrogens with zero attached hydrogens (tertiary/aromatic N) is 5. The lowest BCUT2D eigenvalue weighted by molar-refractivity contribution is 0.972. The molecular weight excluding hydrogens is 595 g/mol. The number of hydrogen-bond donors (Lipinski definition) is 0. The van der Waals surface area contributed by atoms with E-state index in [1.54, 1.807) is 0 Å². The molecule has 10 aromatic rings. The number of fused-ring (bicyclic) bond motifs is 8. The molecule has 4 heterocycles. The SMILES string of the molecule is c1ccc(-c2cc(-c3ccccc3)nc(-n3c4ccc(-c5ccc6sc7ccccc7c6c5)cc4n4c5ccccc5nc34)n2)cc1. The number of para-hydroxylation sites is 2. The van der Waals surface area contributed by atoms with E-state index >= 15 is 0 Å². The topological polar surface area (TPSA) is 48.0 Å². The van der Waals surface area contributed by atoms with E-state index in [0.717, 1.165) is 55.9 Å². The normalized spacial score (nSPS) is 11.8. The molecule has 0 unspecified atom stereocenters. The molecule has 6 heteroatoms. The fraction of sp³-hybridized carbons (Fsp3) is 0. The number of imidazole rings is 2. The van der Waals surface area contributed by atoms with Gasteiger partial charge in [0, 0.05) is 31.3 Å². The summed E-state index contributed by atoms with van der Waals surface area (Å²) in [4.78, 5) is 15.5. The summed E-state index contributed by atoms with van der Waals surface area (Å²) in [5.41, 5.74) is 10.1.